The Bertz CT molecular complexity index is 1030. The summed E-state index contributed by atoms with van der Waals surface area (Å²) in [6.07, 6.45) is 1.70. The van der Waals surface area contributed by atoms with E-state index in [1.54, 1.807) is 6.20 Å². The highest BCUT2D eigenvalue weighted by molar-refractivity contribution is 7.89. The molecule has 0 N–H and O–H groups in total. The summed E-state index contributed by atoms with van der Waals surface area (Å²) in [6.45, 7) is 1.40. The summed E-state index contributed by atoms with van der Waals surface area (Å²) in [4.78, 5) is 11.4. The Kier molecular flexibility index (Phi) is 4.33. The van der Waals surface area contributed by atoms with E-state index in [1.807, 2.05) is 17.0 Å². The molecule has 0 unspecified atom stereocenters. The van der Waals surface area contributed by atoms with Gasteiger partial charge in [-0.25, -0.2) is 27.2 Å². The summed E-state index contributed by atoms with van der Waals surface area (Å²) < 4.78 is 53.0. The highest BCUT2D eigenvalue weighted by atomic mass is 32.2. The van der Waals surface area contributed by atoms with Gasteiger partial charge in [0.1, 0.15) is 10.3 Å². The molecule has 136 valence electrons. The average Bonchev–Trinajstić information content (AvgIpc) is 3.08. The number of fused-ring (bicyclic) bond motifs is 1. The van der Waals surface area contributed by atoms with E-state index in [0.717, 1.165) is 33.7 Å². The molecule has 0 bridgehead atoms. The lowest BCUT2D eigenvalue weighted by atomic mass is 10.3. The molecule has 0 atom stereocenters. The molecular weight excluding hydrogens is 382 g/mol. The van der Waals surface area contributed by atoms with Gasteiger partial charge in [0.2, 0.25) is 10.0 Å². The molecule has 10 heteroatoms. The zero-order valence-electron chi connectivity index (χ0n) is 13.5. The fourth-order valence-corrected chi connectivity index (χ4v) is 5.19. The van der Waals surface area contributed by atoms with Crippen LogP contribution < -0.4 is 4.90 Å². The van der Waals surface area contributed by atoms with Gasteiger partial charge in [-0.1, -0.05) is 11.3 Å². The Hall–Kier alpha value is -2.17. The number of hydrogen-bond donors (Lipinski definition) is 0. The second kappa shape index (κ2) is 6.53. The molecule has 0 saturated carbocycles. The van der Waals surface area contributed by atoms with Gasteiger partial charge in [-0.15, -0.1) is 0 Å². The van der Waals surface area contributed by atoms with Crippen molar-refractivity contribution >= 4 is 36.8 Å². The first-order valence-corrected chi connectivity index (χ1v) is 10.1. The number of aromatic nitrogens is 2. The van der Waals surface area contributed by atoms with Crippen LogP contribution in [0.4, 0.5) is 13.9 Å². The summed E-state index contributed by atoms with van der Waals surface area (Å²) in [5, 5.41) is 0.795. The Morgan fingerprint density at radius 2 is 1.81 bits per heavy atom. The molecule has 1 aromatic carbocycles. The minimum absolute atomic E-state index is 0.241. The number of pyridine rings is 1. The summed E-state index contributed by atoms with van der Waals surface area (Å²) in [6, 6.07) is 6.33. The minimum Gasteiger partial charge on any atom is -0.345 e. The molecule has 0 aliphatic carbocycles. The van der Waals surface area contributed by atoms with E-state index in [-0.39, 0.29) is 18.0 Å². The Labute approximate surface area is 152 Å². The smallest absolute Gasteiger partial charge is 0.243 e. The maximum absolute atomic E-state index is 13.4. The molecule has 2 aromatic heterocycles. The Balaban J connectivity index is 1.51. The van der Waals surface area contributed by atoms with Crippen LogP contribution in [0.3, 0.4) is 0 Å². The summed E-state index contributed by atoms with van der Waals surface area (Å²) in [5.41, 5.74) is 0.810. The number of thiazole rings is 1. The van der Waals surface area contributed by atoms with Gasteiger partial charge < -0.3 is 4.90 Å². The molecule has 26 heavy (non-hydrogen) atoms. The van der Waals surface area contributed by atoms with E-state index in [1.165, 1.54) is 15.6 Å². The quantitative estimate of drug-likeness (QED) is 0.681. The van der Waals surface area contributed by atoms with Gasteiger partial charge in [0.15, 0.2) is 16.8 Å². The molecule has 4 rings (SSSR count). The van der Waals surface area contributed by atoms with Gasteiger partial charge in [-0.05, 0) is 30.3 Å². The Morgan fingerprint density at radius 1 is 1.04 bits per heavy atom. The number of halogens is 2. The first-order valence-electron chi connectivity index (χ1n) is 7.87. The third-order valence-electron chi connectivity index (χ3n) is 4.19. The van der Waals surface area contributed by atoms with E-state index in [2.05, 4.69) is 9.97 Å². The number of rotatable bonds is 3. The van der Waals surface area contributed by atoms with Gasteiger partial charge in [0, 0.05) is 32.4 Å². The standard InChI is InChI=1S/C16H14F2N4O2S2/c17-12-4-3-11(10-13(12)18)26(23,24)22-8-6-21(7-9-22)16-20-14-2-1-5-19-15(14)25-16/h1-5,10H,6-9H2. The molecular formula is C16H14F2N4O2S2. The molecule has 3 heterocycles. The molecule has 0 amide bonds. The third-order valence-corrected chi connectivity index (χ3v) is 7.13. The van der Waals surface area contributed by atoms with Crippen LogP contribution in [0.1, 0.15) is 0 Å². The van der Waals surface area contributed by atoms with E-state index in [4.69, 9.17) is 0 Å². The number of nitrogens with zero attached hydrogens (tertiary/aromatic N) is 4. The molecule has 1 saturated heterocycles. The highest BCUT2D eigenvalue weighted by Gasteiger charge is 2.30. The van der Waals surface area contributed by atoms with E-state index in [9.17, 15) is 17.2 Å². The summed E-state index contributed by atoms with van der Waals surface area (Å²) >= 11 is 1.46. The maximum Gasteiger partial charge on any atom is 0.243 e. The van der Waals surface area contributed by atoms with Crippen LogP contribution in [0, 0.1) is 11.6 Å². The topological polar surface area (TPSA) is 66.4 Å². The summed E-state index contributed by atoms with van der Waals surface area (Å²) in [5.74, 6) is -2.25. The number of sulfonamides is 1. The van der Waals surface area contributed by atoms with Crippen LogP contribution in [0.5, 0.6) is 0 Å². The minimum atomic E-state index is -3.86. The predicted octanol–water partition coefficient (Wildman–Crippen LogP) is 2.48. The second-order valence-corrected chi connectivity index (χ2v) is 8.69. The van der Waals surface area contributed by atoms with Crippen LogP contribution in [0.2, 0.25) is 0 Å². The van der Waals surface area contributed by atoms with E-state index in [0.29, 0.717) is 13.1 Å². The van der Waals surface area contributed by atoms with Crippen LogP contribution in [0.15, 0.2) is 41.4 Å². The van der Waals surface area contributed by atoms with Crippen LogP contribution in [-0.2, 0) is 10.0 Å². The molecule has 6 nitrogen and oxygen atoms in total. The highest BCUT2D eigenvalue weighted by Crippen LogP contribution is 2.28. The van der Waals surface area contributed by atoms with Gasteiger partial charge in [-0.2, -0.15) is 4.31 Å². The van der Waals surface area contributed by atoms with Gasteiger partial charge >= 0.3 is 0 Å². The first-order chi connectivity index (χ1) is 12.4. The largest absolute Gasteiger partial charge is 0.345 e. The van der Waals surface area contributed by atoms with Crippen molar-refractivity contribution in [1.29, 1.82) is 0 Å². The molecule has 0 radical (unpaired) electrons. The molecule has 1 fully saturated rings. The lowest BCUT2D eigenvalue weighted by Crippen LogP contribution is -2.48. The van der Waals surface area contributed by atoms with Crippen molar-refractivity contribution in [2.45, 2.75) is 4.90 Å². The van der Waals surface area contributed by atoms with Crippen molar-refractivity contribution in [1.82, 2.24) is 14.3 Å². The normalized spacial score (nSPS) is 16.3. The fourth-order valence-electron chi connectivity index (χ4n) is 2.80. The number of piperazine rings is 1. The first kappa shape index (κ1) is 17.3. The van der Waals surface area contributed by atoms with E-state index < -0.39 is 21.7 Å². The predicted molar refractivity (Wildman–Crippen MR) is 94.7 cm³/mol. The van der Waals surface area contributed by atoms with Crippen LogP contribution in [-0.4, -0.2) is 48.9 Å². The average molecular weight is 396 g/mol. The molecule has 0 spiro atoms. The lowest BCUT2D eigenvalue weighted by Gasteiger charge is -2.33. The zero-order chi connectivity index (χ0) is 18.3. The number of benzene rings is 1. The monoisotopic (exact) mass is 396 g/mol. The van der Waals surface area contributed by atoms with Crippen LogP contribution in [0.25, 0.3) is 10.3 Å². The lowest BCUT2D eigenvalue weighted by molar-refractivity contribution is 0.384. The number of anilines is 1. The third kappa shape index (κ3) is 3.04. The van der Waals surface area contributed by atoms with Gasteiger partial charge in [0.25, 0.3) is 0 Å². The zero-order valence-corrected chi connectivity index (χ0v) is 15.1. The maximum atomic E-state index is 13.4. The number of hydrogen-bond acceptors (Lipinski definition) is 6. The Morgan fingerprint density at radius 3 is 2.50 bits per heavy atom. The van der Waals surface area contributed by atoms with Crippen molar-refractivity contribution in [2.75, 3.05) is 31.1 Å². The summed E-state index contributed by atoms with van der Waals surface area (Å²) in [7, 11) is -3.86. The van der Waals surface area contributed by atoms with Crippen molar-refractivity contribution in [3.8, 4) is 0 Å². The van der Waals surface area contributed by atoms with E-state index >= 15 is 0 Å². The van der Waals surface area contributed by atoms with Gasteiger partial charge in [0.05, 0.1) is 4.90 Å². The second-order valence-electron chi connectivity index (χ2n) is 5.79. The SMILES string of the molecule is O=S(=O)(c1ccc(F)c(F)c1)N1CCN(c2nc3cccnc3s2)CC1. The molecule has 3 aromatic rings. The van der Waals surface area contributed by atoms with Crippen molar-refractivity contribution in [3.63, 3.8) is 0 Å². The van der Waals surface area contributed by atoms with Gasteiger partial charge in [-0.3, -0.25) is 0 Å². The van der Waals surface area contributed by atoms with Crippen molar-refractivity contribution in [3.05, 3.63) is 48.2 Å². The molecule has 1 aliphatic heterocycles. The van der Waals surface area contributed by atoms with Crippen LogP contribution >= 0.6 is 11.3 Å². The van der Waals surface area contributed by atoms with Crippen molar-refractivity contribution < 1.29 is 17.2 Å². The van der Waals surface area contributed by atoms with Crippen molar-refractivity contribution in [2.24, 2.45) is 0 Å². The molecule has 1 aliphatic rings. The fraction of sp³-hybridized carbons (Fsp3) is 0.250.